The SMILES string of the molecule is Cc1cccc(OCCCN=C2NS(=O)(=O)c3ccccc32)c1. The summed E-state index contributed by atoms with van der Waals surface area (Å²) in [5.41, 5.74) is 1.78. The van der Waals surface area contributed by atoms with Crippen LogP contribution in [-0.2, 0) is 10.0 Å². The van der Waals surface area contributed by atoms with Gasteiger partial charge in [0.2, 0.25) is 0 Å². The number of nitrogens with zero attached hydrogens (tertiary/aromatic N) is 1. The number of rotatable bonds is 5. The minimum Gasteiger partial charge on any atom is -0.494 e. The number of fused-ring (bicyclic) bond motifs is 1. The maximum Gasteiger partial charge on any atom is 0.263 e. The van der Waals surface area contributed by atoms with E-state index in [1.807, 2.05) is 31.2 Å². The van der Waals surface area contributed by atoms with E-state index in [0.717, 1.165) is 11.3 Å². The number of hydrogen-bond acceptors (Lipinski definition) is 4. The second-order valence-corrected chi connectivity index (χ2v) is 7.00. The first kappa shape index (κ1) is 15.6. The van der Waals surface area contributed by atoms with Gasteiger partial charge in [-0.1, -0.05) is 24.3 Å². The minimum absolute atomic E-state index is 0.287. The Morgan fingerprint density at radius 2 is 1.96 bits per heavy atom. The predicted octanol–water partition coefficient (Wildman–Crippen LogP) is 2.50. The number of ether oxygens (including phenoxy) is 1. The van der Waals surface area contributed by atoms with Crippen molar-refractivity contribution in [2.24, 2.45) is 4.99 Å². The maximum absolute atomic E-state index is 12.0. The zero-order valence-corrected chi connectivity index (χ0v) is 13.6. The molecule has 2 aromatic rings. The molecule has 0 saturated heterocycles. The molecule has 6 heteroatoms. The summed E-state index contributed by atoms with van der Waals surface area (Å²) in [5, 5.41) is 0. The number of nitrogens with one attached hydrogen (secondary N) is 1. The van der Waals surface area contributed by atoms with Crippen molar-refractivity contribution in [1.82, 2.24) is 4.72 Å². The van der Waals surface area contributed by atoms with Crippen LogP contribution in [0.5, 0.6) is 5.75 Å². The van der Waals surface area contributed by atoms with E-state index >= 15 is 0 Å². The normalized spacial score (nSPS) is 16.8. The van der Waals surface area contributed by atoms with Crippen molar-refractivity contribution < 1.29 is 13.2 Å². The first-order chi connectivity index (χ1) is 11.1. The molecule has 0 atom stereocenters. The molecule has 3 rings (SSSR count). The van der Waals surface area contributed by atoms with Gasteiger partial charge >= 0.3 is 0 Å². The van der Waals surface area contributed by atoms with Crippen molar-refractivity contribution in [3.8, 4) is 5.75 Å². The van der Waals surface area contributed by atoms with Crippen LogP contribution in [0.15, 0.2) is 58.4 Å². The third-order valence-corrected chi connectivity index (χ3v) is 4.89. The summed E-state index contributed by atoms with van der Waals surface area (Å²) >= 11 is 0. The van der Waals surface area contributed by atoms with Gasteiger partial charge in [0.25, 0.3) is 10.0 Å². The topological polar surface area (TPSA) is 67.8 Å². The fourth-order valence-corrected chi connectivity index (χ4v) is 3.65. The van der Waals surface area contributed by atoms with Gasteiger partial charge in [-0.3, -0.25) is 9.71 Å². The van der Waals surface area contributed by atoms with Crippen molar-refractivity contribution in [1.29, 1.82) is 0 Å². The van der Waals surface area contributed by atoms with Crippen LogP contribution >= 0.6 is 0 Å². The van der Waals surface area contributed by atoms with Crippen molar-refractivity contribution in [3.05, 3.63) is 59.7 Å². The van der Waals surface area contributed by atoms with E-state index in [4.69, 9.17) is 4.74 Å². The molecule has 2 aromatic carbocycles. The molecule has 0 amide bonds. The minimum atomic E-state index is -3.46. The average Bonchev–Trinajstić information content (AvgIpc) is 2.79. The van der Waals surface area contributed by atoms with Gasteiger partial charge in [0, 0.05) is 18.5 Å². The molecule has 0 aromatic heterocycles. The fraction of sp³-hybridized carbons (Fsp3) is 0.235. The third kappa shape index (κ3) is 3.53. The fourth-order valence-electron chi connectivity index (χ4n) is 2.40. The Morgan fingerprint density at radius 3 is 2.78 bits per heavy atom. The molecule has 1 N–H and O–H groups in total. The second-order valence-electron chi connectivity index (χ2n) is 5.35. The Labute approximate surface area is 136 Å². The number of aliphatic imine (C=N–C) groups is 1. The molecule has 23 heavy (non-hydrogen) atoms. The van der Waals surface area contributed by atoms with Gasteiger partial charge in [-0.25, -0.2) is 8.42 Å². The van der Waals surface area contributed by atoms with Crippen molar-refractivity contribution in [2.75, 3.05) is 13.2 Å². The van der Waals surface area contributed by atoms with Crippen molar-refractivity contribution in [3.63, 3.8) is 0 Å². The summed E-state index contributed by atoms with van der Waals surface area (Å²) in [7, 11) is -3.46. The molecule has 0 aliphatic carbocycles. The largest absolute Gasteiger partial charge is 0.494 e. The van der Waals surface area contributed by atoms with Crippen LogP contribution in [0.1, 0.15) is 17.5 Å². The highest BCUT2D eigenvalue weighted by atomic mass is 32.2. The Balaban J connectivity index is 1.57. The quantitative estimate of drug-likeness (QED) is 0.857. The van der Waals surface area contributed by atoms with E-state index in [2.05, 4.69) is 9.71 Å². The first-order valence-corrected chi connectivity index (χ1v) is 8.91. The summed E-state index contributed by atoms with van der Waals surface area (Å²) in [6.07, 6.45) is 0.710. The molecule has 120 valence electrons. The molecule has 0 fully saturated rings. The van der Waals surface area contributed by atoms with Crippen LogP contribution in [0.2, 0.25) is 0 Å². The predicted molar refractivity (Wildman–Crippen MR) is 89.5 cm³/mol. The van der Waals surface area contributed by atoms with Crippen molar-refractivity contribution >= 4 is 15.9 Å². The van der Waals surface area contributed by atoms with Gasteiger partial charge in [0.05, 0.1) is 11.5 Å². The summed E-state index contributed by atoms with van der Waals surface area (Å²) in [4.78, 5) is 4.64. The lowest BCUT2D eigenvalue weighted by Crippen LogP contribution is -2.22. The van der Waals surface area contributed by atoms with Crippen molar-refractivity contribution in [2.45, 2.75) is 18.2 Å². The standard InChI is InChI=1S/C17H18N2O3S/c1-13-6-4-7-14(12-13)22-11-5-10-18-17-15-8-2-3-9-16(15)23(20,21)19-17/h2-4,6-9,12H,5,10-11H2,1H3,(H,18,19). The third-order valence-electron chi connectivity index (χ3n) is 3.49. The lowest BCUT2D eigenvalue weighted by atomic mass is 10.2. The van der Waals surface area contributed by atoms with E-state index in [-0.39, 0.29) is 4.90 Å². The Morgan fingerprint density at radius 1 is 1.13 bits per heavy atom. The van der Waals surface area contributed by atoms with Gasteiger partial charge in [-0.15, -0.1) is 0 Å². The van der Waals surface area contributed by atoms with Gasteiger partial charge in [-0.05, 0) is 36.8 Å². The van der Waals surface area contributed by atoms with Gasteiger partial charge in [0.1, 0.15) is 11.6 Å². The molecule has 0 bridgehead atoms. The van der Waals surface area contributed by atoms with Gasteiger partial charge in [0.15, 0.2) is 0 Å². The molecule has 0 unspecified atom stereocenters. The molecule has 1 aliphatic rings. The highest BCUT2D eigenvalue weighted by molar-refractivity contribution is 7.90. The zero-order valence-electron chi connectivity index (χ0n) is 12.8. The van der Waals surface area contributed by atoms with E-state index in [0.29, 0.717) is 31.0 Å². The molecule has 0 spiro atoms. The smallest absolute Gasteiger partial charge is 0.263 e. The van der Waals surface area contributed by atoms with Gasteiger partial charge < -0.3 is 4.74 Å². The van der Waals surface area contributed by atoms with E-state index in [9.17, 15) is 8.42 Å². The number of hydrogen-bond donors (Lipinski definition) is 1. The summed E-state index contributed by atoms with van der Waals surface area (Å²) in [5.74, 6) is 1.25. The van der Waals surface area contributed by atoms with Crippen LogP contribution in [-0.4, -0.2) is 27.4 Å². The van der Waals surface area contributed by atoms with Crippen LogP contribution in [0.4, 0.5) is 0 Å². The number of sulfonamides is 1. The molecule has 0 radical (unpaired) electrons. The highest BCUT2D eigenvalue weighted by Crippen LogP contribution is 2.22. The lowest BCUT2D eigenvalue weighted by Gasteiger charge is -2.05. The summed E-state index contributed by atoms with van der Waals surface area (Å²) in [6, 6.07) is 14.7. The van der Waals surface area contributed by atoms with Crippen LogP contribution in [0.3, 0.4) is 0 Å². The number of aryl methyl sites for hydroxylation is 1. The van der Waals surface area contributed by atoms with E-state index < -0.39 is 10.0 Å². The molecule has 1 aliphatic heterocycles. The zero-order chi connectivity index (χ0) is 16.3. The second kappa shape index (κ2) is 6.42. The molecule has 0 saturated carbocycles. The molecular formula is C17H18N2O3S. The summed E-state index contributed by atoms with van der Waals surface area (Å²) in [6.45, 7) is 3.05. The summed E-state index contributed by atoms with van der Waals surface area (Å²) < 4.78 is 32.1. The Hall–Kier alpha value is -2.34. The van der Waals surface area contributed by atoms with Crippen LogP contribution in [0, 0.1) is 6.92 Å². The van der Waals surface area contributed by atoms with Crippen LogP contribution in [0.25, 0.3) is 0 Å². The molecule has 5 nitrogen and oxygen atoms in total. The van der Waals surface area contributed by atoms with E-state index in [1.165, 1.54) is 0 Å². The Kier molecular flexibility index (Phi) is 4.34. The first-order valence-electron chi connectivity index (χ1n) is 7.42. The Bertz CT molecular complexity index is 844. The molecular weight excluding hydrogens is 312 g/mol. The van der Waals surface area contributed by atoms with Gasteiger partial charge in [-0.2, -0.15) is 0 Å². The molecule has 1 heterocycles. The maximum atomic E-state index is 12.0. The monoisotopic (exact) mass is 330 g/mol. The highest BCUT2D eigenvalue weighted by Gasteiger charge is 2.29. The average molecular weight is 330 g/mol. The van der Waals surface area contributed by atoms with Crippen LogP contribution < -0.4 is 9.46 Å². The number of benzene rings is 2. The van der Waals surface area contributed by atoms with E-state index in [1.54, 1.807) is 24.3 Å². The lowest BCUT2D eigenvalue weighted by molar-refractivity contribution is 0.313. The number of amidine groups is 1.